The summed E-state index contributed by atoms with van der Waals surface area (Å²) in [5.41, 5.74) is 5.85. The molecule has 5 heteroatoms. The fourth-order valence-corrected chi connectivity index (χ4v) is 1.87. The van der Waals surface area contributed by atoms with Crippen LogP contribution in [0.4, 0.5) is 0 Å². The van der Waals surface area contributed by atoms with Gasteiger partial charge in [0, 0.05) is 6.04 Å². The highest BCUT2D eigenvalue weighted by molar-refractivity contribution is 5.82. The summed E-state index contributed by atoms with van der Waals surface area (Å²) >= 11 is 0. The van der Waals surface area contributed by atoms with Crippen LogP contribution in [0.1, 0.15) is 53.4 Å². The van der Waals surface area contributed by atoms with Gasteiger partial charge in [-0.3, -0.25) is 9.59 Å². The number of hydrogen-bond donors (Lipinski definition) is 3. The van der Waals surface area contributed by atoms with Crippen LogP contribution in [0.15, 0.2) is 0 Å². The van der Waals surface area contributed by atoms with Gasteiger partial charge < -0.3 is 16.2 Å². The first-order valence-electron chi connectivity index (χ1n) is 7.09. The molecule has 1 amide bonds. The molecule has 0 fully saturated rings. The summed E-state index contributed by atoms with van der Waals surface area (Å²) in [5, 5.41) is 11.7. The van der Waals surface area contributed by atoms with E-state index in [-0.39, 0.29) is 24.3 Å². The molecule has 0 rings (SSSR count). The predicted octanol–water partition coefficient (Wildman–Crippen LogP) is 1.76. The monoisotopic (exact) mass is 272 g/mol. The van der Waals surface area contributed by atoms with Gasteiger partial charge in [-0.1, -0.05) is 40.5 Å². The smallest absolute Gasteiger partial charge is 0.305 e. The predicted molar refractivity (Wildman–Crippen MR) is 75.7 cm³/mol. The van der Waals surface area contributed by atoms with Crippen molar-refractivity contribution in [3.8, 4) is 0 Å². The molecule has 0 heterocycles. The van der Waals surface area contributed by atoms with Gasteiger partial charge in [0.25, 0.3) is 0 Å². The van der Waals surface area contributed by atoms with Gasteiger partial charge in [0.1, 0.15) is 0 Å². The molecule has 0 bridgehead atoms. The zero-order chi connectivity index (χ0) is 15.0. The molecule has 0 saturated carbocycles. The molecule has 112 valence electrons. The minimum Gasteiger partial charge on any atom is -0.481 e. The summed E-state index contributed by atoms with van der Waals surface area (Å²) in [6.07, 6.45) is 2.40. The van der Waals surface area contributed by atoms with Gasteiger partial charge in [-0.2, -0.15) is 0 Å². The number of hydrogen-bond acceptors (Lipinski definition) is 3. The third-order valence-corrected chi connectivity index (χ3v) is 3.71. The molecule has 0 aromatic carbocycles. The van der Waals surface area contributed by atoms with Crippen molar-refractivity contribution in [3.05, 3.63) is 0 Å². The van der Waals surface area contributed by atoms with Gasteiger partial charge in [0.2, 0.25) is 5.91 Å². The standard InChI is InChI=1S/C14H28N2O3/c1-5-9(3)7-11(8-12(17)18)16-14(19)13(15)10(4)6-2/h9-11,13H,5-8,15H2,1-4H3,(H,16,19)(H,17,18). The number of nitrogens with two attached hydrogens (primary N) is 1. The number of rotatable bonds is 9. The highest BCUT2D eigenvalue weighted by atomic mass is 16.4. The van der Waals surface area contributed by atoms with E-state index in [1.807, 2.05) is 13.8 Å². The van der Waals surface area contributed by atoms with Gasteiger partial charge >= 0.3 is 5.97 Å². The van der Waals surface area contributed by atoms with Crippen LogP contribution in [0.5, 0.6) is 0 Å². The second-order valence-electron chi connectivity index (χ2n) is 5.46. The molecule has 0 spiro atoms. The third kappa shape index (κ3) is 7.15. The van der Waals surface area contributed by atoms with Crippen LogP contribution in [0, 0.1) is 11.8 Å². The first-order valence-corrected chi connectivity index (χ1v) is 7.09. The minimum atomic E-state index is -0.897. The number of carbonyl (C=O) groups is 2. The van der Waals surface area contributed by atoms with Crippen LogP contribution in [0.25, 0.3) is 0 Å². The molecule has 4 atom stereocenters. The normalized spacial score (nSPS) is 17.3. The summed E-state index contributed by atoms with van der Waals surface area (Å²) in [4.78, 5) is 22.8. The highest BCUT2D eigenvalue weighted by Crippen LogP contribution is 2.13. The van der Waals surface area contributed by atoms with Crippen molar-refractivity contribution in [2.75, 3.05) is 0 Å². The van der Waals surface area contributed by atoms with E-state index in [0.29, 0.717) is 12.3 Å². The summed E-state index contributed by atoms with van der Waals surface area (Å²) < 4.78 is 0. The molecule has 0 aromatic heterocycles. The molecule has 4 unspecified atom stereocenters. The number of amides is 1. The number of aliphatic carboxylic acids is 1. The third-order valence-electron chi connectivity index (χ3n) is 3.71. The van der Waals surface area contributed by atoms with Crippen molar-refractivity contribution in [1.82, 2.24) is 5.32 Å². The lowest BCUT2D eigenvalue weighted by Crippen LogP contribution is -2.49. The Kier molecular flexibility index (Phi) is 8.39. The van der Waals surface area contributed by atoms with Crippen molar-refractivity contribution in [1.29, 1.82) is 0 Å². The average molecular weight is 272 g/mol. The van der Waals surface area contributed by atoms with Gasteiger partial charge in [-0.15, -0.1) is 0 Å². The van der Waals surface area contributed by atoms with Gasteiger partial charge in [-0.25, -0.2) is 0 Å². The molecule has 0 aromatic rings. The van der Waals surface area contributed by atoms with Crippen molar-refractivity contribution < 1.29 is 14.7 Å². The maximum atomic E-state index is 12.0. The lowest BCUT2D eigenvalue weighted by molar-refractivity contribution is -0.137. The first kappa shape index (κ1) is 17.9. The lowest BCUT2D eigenvalue weighted by Gasteiger charge is -2.24. The summed E-state index contributed by atoms with van der Waals surface area (Å²) in [6, 6.07) is -0.909. The molecule has 0 saturated heterocycles. The lowest BCUT2D eigenvalue weighted by atomic mass is 9.95. The number of carbonyl (C=O) groups excluding carboxylic acids is 1. The van der Waals surface area contributed by atoms with Crippen LogP contribution in [-0.4, -0.2) is 29.1 Å². The molecule has 0 aliphatic heterocycles. The van der Waals surface area contributed by atoms with E-state index in [9.17, 15) is 9.59 Å². The minimum absolute atomic E-state index is 0.0523. The van der Waals surface area contributed by atoms with Crippen molar-refractivity contribution in [2.45, 2.75) is 65.5 Å². The quantitative estimate of drug-likeness (QED) is 0.596. The van der Waals surface area contributed by atoms with Crippen LogP contribution in [0.2, 0.25) is 0 Å². The molecule has 4 N–H and O–H groups in total. The van der Waals surface area contributed by atoms with Crippen molar-refractivity contribution in [2.24, 2.45) is 17.6 Å². The fraction of sp³-hybridized carbons (Fsp3) is 0.857. The maximum absolute atomic E-state index is 12.0. The molecule has 5 nitrogen and oxygen atoms in total. The maximum Gasteiger partial charge on any atom is 0.305 e. The number of nitrogens with one attached hydrogen (secondary N) is 1. The molecular formula is C14H28N2O3. The zero-order valence-electron chi connectivity index (χ0n) is 12.5. The molecule has 19 heavy (non-hydrogen) atoms. The fourth-order valence-electron chi connectivity index (χ4n) is 1.87. The van der Waals surface area contributed by atoms with E-state index in [1.165, 1.54) is 0 Å². The van der Waals surface area contributed by atoms with E-state index in [0.717, 1.165) is 12.8 Å². The van der Waals surface area contributed by atoms with E-state index < -0.39 is 12.0 Å². The topological polar surface area (TPSA) is 92.4 Å². The molecular weight excluding hydrogens is 244 g/mol. The molecule has 0 aliphatic carbocycles. The largest absolute Gasteiger partial charge is 0.481 e. The Bertz CT molecular complexity index is 294. The van der Waals surface area contributed by atoms with Crippen molar-refractivity contribution >= 4 is 11.9 Å². The van der Waals surface area contributed by atoms with Crippen LogP contribution < -0.4 is 11.1 Å². The van der Waals surface area contributed by atoms with E-state index in [1.54, 1.807) is 0 Å². The molecule has 0 aliphatic rings. The van der Waals surface area contributed by atoms with Crippen LogP contribution >= 0.6 is 0 Å². The Hall–Kier alpha value is -1.10. The van der Waals surface area contributed by atoms with E-state index in [4.69, 9.17) is 10.8 Å². The highest BCUT2D eigenvalue weighted by Gasteiger charge is 2.24. The van der Waals surface area contributed by atoms with Gasteiger partial charge in [-0.05, 0) is 18.3 Å². The van der Waals surface area contributed by atoms with E-state index in [2.05, 4.69) is 19.2 Å². The van der Waals surface area contributed by atoms with Crippen LogP contribution in [0.3, 0.4) is 0 Å². The number of carboxylic acids is 1. The Morgan fingerprint density at radius 1 is 1.21 bits per heavy atom. The summed E-state index contributed by atoms with van der Waals surface area (Å²) in [6.45, 7) is 8.00. The van der Waals surface area contributed by atoms with Gasteiger partial charge in [0.05, 0.1) is 12.5 Å². The Balaban J connectivity index is 4.53. The van der Waals surface area contributed by atoms with Gasteiger partial charge in [0.15, 0.2) is 0 Å². The summed E-state index contributed by atoms with van der Waals surface area (Å²) in [7, 11) is 0. The van der Waals surface area contributed by atoms with E-state index >= 15 is 0 Å². The summed E-state index contributed by atoms with van der Waals surface area (Å²) in [5.74, 6) is -0.673. The Morgan fingerprint density at radius 2 is 1.79 bits per heavy atom. The second kappa shape index (κ2) is 8.91. The second-order valence-corrected chi connectivity index (χ2v) is 5.46. The first-order chi connectivity index (χ1) is 8.81. The average Bonchev–Trinajstić information content (AvgIpc) is 2.35. The Labute approximate surface area is 115 Å². The zero-order valence-corrected chi connectivity index (χ0v) is 12.5. The SMILES string of the molecule is CCC(C)CC(CC(=O)O)NC(=O)C(N)C(C)CC. The van der Waals surface area contributed by atoms with Crippen LogP contribution in [-0.2, 0) is 9.59 Å². The Morgan fingerprint density at radius 3 is 2.21 bits per heavy atom. The molecule has 0 radical (unpaired) electrons. The number of carboxylic acid groups (broad SMARTS) is 1. The van der Waals surface area contributed by atoms with Crippen molar-refractivity contribution in [3.63, 3.8) is 0 Å².